The van der Waals surface area contributed by atoms with Gasteiger partial charge in [0, 0.05) is 9.90 Å². The highest BCUT2D eigenvalue weighted by Gasteiger charge is 2.09. The van der Waals surface area contributed by atoms with E-state index in [9.17, 15) is 0 Å². The normalized spacial score (nSPS) is 11.8. The molecule has 86 valence electrons. The van der Waals surface area contributed by atoms with Crippen molar-refractivity contribution in [2.24, 2.45) is 0 Å². The van der Waals surface area contributed by atoms with Crippen LogP contribution in [0.2, 0.25) is 5.02 Å². The summed E-state index contributed by atoms with van der Waals surface area (Å²) < 4.78 is 0. The van der Waals surface area contributed by atoms with Crippen molar-refractivity contribution < 1.29 is 0 Å². The van der Waals surface area contributed by atoms with Crippen molar-refractivity contribution >= 4 is 28.6 Å². The Kier molecular flexibility index (Phi) is 3.68. The molecule has 1 heterocycles. The second-order valence-electron chi connectivity index (χ2n) is 3.68. The molecule has 0 fully saturated rings. The number of rotatable bonds is 3. The van der Waals surface area contributed by atoms with Crippen LogP contribution in [0, 0.1) is 11.3 Å². The number of nitrogens with one attached hydrogen (secondary N) is 1. The van der Waals surface area contributed by atoms with E-state index in [0.717, 1.165) is 5.69 Å². The summed E-state index contributed by atoms with van der Waals surface area (Å²) >= 11 is 7.62. The van der Waals surface area contributed by atoms with Crippen molar-refractivity contribution in [1.29, 1.82) is 5.26 Å². The van der Waals surface area contributed by atoms with Gasteiger partial charge in [0.05, 0.1) is 17.3 Å². The molecule has 1 aromatic heterocycles. The quantitative estimate of drug-likeness (QED) is 0.887. The maximum atomic E-state index is 9.02. The van der Waals surface area contributed by atoms with Crippen LogP contribution < -0.4 is 5.32 Å². The van der Waals surface area contributed by atoms with Crippen molar-refractivity contribution in [3.8, 4) is 6.07 Å². The number of hydrogen-bond acceptors (Lipinski definition) is 3. The Bertz CT molecular complexity index is 543. The van der Waals surface area contributed by atoms with Crippen LogP contribution in [0.1, 0.15) is 23.4 Å². The maximum Gasteiger partial charge on any atom is 0.101 e. The SMILES string of the molecule is CC(Nc1cc(Cl)ccc1C#N)c1cccs1. The van der Waals surface area contributed by atoms with Gasteiger partial charge in [0.1, 0.15) is 6.07 Å². The number of hydrogen-bond donors (Lipinski definition) is 1. The first-order valence-electron chi connectivity index (χ1n) is 5.20. The zero-order valence-electron chi connectivity index (χ0n) is 9.27. The molecule has 0 aliphatic rings. The van der Waals surface area contributed by atoms with Crippen LogP contribution in [0.25, 0.3) is 0 Å². The summed E-state index contributed by atoms with van der Waals surface area (Å²) in [6.45, 7) is 2.06. The van der Waals surface area contributed by atoms with Crippen molar-refractivity contribution in [3.63, 3.8) is 0 Å². The van der Waals surface area contributed by atoms with E-state index >= 15 is 0 Å². The number of anilines is 1. The molecular weight excluding hydrogens is 252 g/mol. The lowest BCUT2D eigenvalue weighted by atomic mass is 10.1. The molecule has 2 rings (SSSR count). The fourth-order valence-corrected chi connectivity index (χ4v) is 2.48. The minimum Gasteiger partial charge on any atom is -0.377 e. The Morgan fingerprint density at radius 1 is 1.41 bits per heavy atom. The van der Waals surface area contributed by atoms with Crippen LogP contribution in [-0.4, -0.2) is 0 Å². The summed E-state index contributed by atoms with van der Waals surface area (Å²) in [7, 11) is 0. The van der Waals surface area contributed by atoms with Crippen LogP contribution in [0.5, 0.6) is 0 Å². The van der Waals surface area contributed by atoms with Gasteiger partial charge in [-0.15, -0.1) is 11.3 Å². The Morgan fingerprint density at radius 2 is 2.24 bits per heavy atom. The third-order valence-electron chi connectivity index (χ3n) is 2.44. The molecule has 1 atom stereocenters. The van der Waals surface area contributed by atoms with Crippen molar-refractivity contribution in [2.75, 3.05) is 5.32 Å². The van der Waals surface area contributed by atoms with Gasteiger partial charge in [-0.25, -0.2) is 0 Å². The molecule has 1 aromatic carbocycles. The maximum absolute atomic E-state index is 9.02. The molecule has 0 aliphatic heterocycles. The molecule has 1 N–H and O–H groups in total. The fraction of sp³-hybridized carbons (Fsp3) is 0.154. The molecule has 0 aliphatic carbocycles. The number of nitrogens with zero attached hydrogens (tertiary/aromatic N) is 1. The largest absolute Gasteiger partial charge is 0.377 e. The molecule has 0 saturated carbocycles. The molecule has 1 unspecified atom stereocenters. The third kappa shape index (κ3) is 2.79. The van der Waals surface area contributed by atoms with Gasteiger partial charge in [-0.05, 0) is 36.6 Å². The number of halogens is 1. The molecule has 0 spiro atoms. The molecule has 4 heteroatoms. The highest BCUT2D eigenvalue weighted by atomic mass is 35.5. The fourth-order valence-electron chi connectivity index (χ4n) is 1.58. The van der Waals surface area contributed by atoms with Gasteiger partial charge < -0.3 is 5.32 Å². The zero-order chi connectivity index (χ0) is 12.3. The van der Waals surface area contributed by atoms with Crippen LogP contribution in [0.3, 0.4) is 0 Å². The van der Waals surface area contributed by atoms with E-state index in [-0.39, 0.29) is 6.04 Å². The van der Waals surface area contributed by atoms with E-state index in [1.54, 1.807) is 29.5 Å². The predicted octanol–water partition coefficient (Wildman–Crippen LogP) is 4.45. The minimum absolute atomic E-state index is 0.167. The number of thiophene rings is 1. The molecule has 0 amide bonds. The van der Waals surface area contributed by atoms with Crippen molar-refractivity contribution in [2.45, 2.75) is 13.0 Å². The molecule has 0 radical (unpaired) electrons. The van der Waals surface area contributed by atoms with Gasteiger partial charge in [0.2, 0.25) is 0 Å². The van der Waals surface area contributed by atoms with Crippen LogP contribution in [-0.2, 0) is 0 Å². The van der Waals surface area contributed by atoms with Gasteiger partial charge in [-0.2, -0.15) is 5.26 Å². The van der Waals surface area contributed by atoms with Gasteiger partial charge in [-0.1, -0.05) is 17.7 Å². The average molecular weight is 263 g/mol. The van der Waals surface area contributed by atoms with E-state index in [4.69, 9.17) is 16.9 Å². The monoisotopic (exact) mass is 262 g/mol. The van der Waals surface area contributed by atoms with Gasteiger partial charge in [0.25, 0.3) is 0 Å². The van der Waals surface area contributed by atoms with Crippen LogP contribution >= 0.6 is 22.9 Å². The van der Waals surface area contributed by atoms with Crippen LogP contribution in [0.15, 0.2) is 35.7 Å². The summed E-state index contributed by atoms with van der Waals surface area (Å²) in [6, 6.07) is 11.6. The number of benzene rings is 1. The average Bonchev–Trinajstić information content (AvgIpc) is 2.83. The lowest BCUT2D eigenvalue weighted by molar-refractivity contribution is 0.907. The second-order valence-corrected chi connectivity index (χ2v) is 5.10. The Morgan fingerprint density at radius 3 is 2.88 bits per heavy atom. The van der Waals surface area contributed by atoms with Gasteiger partial charge in [-0.3, -0.25) is 0 Å². The summed E-state index contributed by atoms with van der Waals surface area (Å²) in [5.41, 5.74) is 1.39. The first kappa shape index (κ1) is 12.0. The topological polar surface area (TPSA) is 35.8 Å². The smallest absolute Gasteiger partial charge is 0.101 e. The molecule has 17 heavy (non-hydrogen) atoms. The predicted molar refractivity (Wildman–Crippen MR) is 72.5 cm³/mol. The Hall–Kier alpha value is -1.50. The summed E-state index contributed by atoms with van der Waals surface area (Å²) in [4.78, 5) is 1.23. The van der Waals surface area contributed by atoms with Gasteiger partial charge >= 0.3 is 0 Å². The lowest BCUT2D eigenvalue weighted by Crippen LogP contribution is -2.06. The van der Waals surface area contributed by atoms with E-state index in [1.165, 1.54) is 4.88 Å². The molecule has 0 bridgehead atoms. The van der Waals surface area contributed by atoms with E-state index in [0.29, 0.717) is 10.6 Å². The number of nitriles is 1. The third-order valence-corrected chi connectivity index (χ3v) is 3.73. The first-order valence-corrected chi connectivity index (χ1v) is 6.46. The highest BCUT2D eigenvalue weighted by Crippen LogP contribution is 2.27. The Labute approximate surface area is 109 Å². The molecular formula is C13H11ClN2S. The standard InChI is InChI=1S/C13H11ClN2S/c1-9(13-3-2-6-17-13)16-12-7-11(14)5-4-10(12)8-15/h2-7,9,16H,1H3. The molecule has 2 aromatic rings. The molecule has 0 saturated heterocycles. The highest BCUT2D eigenvalue weighted by molar-refractivity contribution is 7.10. The summed E-state index contributed by atoms with van der Waals surface area (Å²) in [5.74, 6) is 0. The second kappa shape index (κ2) is 5.22. The van der Waals surface area contributed by atoms with Crippen molar-refractivity contribution in [1.82, 2.24) is 0 Å². The van der Waals surface area contributed by atoms with Crippen molar-refractivity contribution in [3.05, 3.63) is 51.2 Å². The lowest BCUT2D eigenvalue weighted by Gasteiger charge is -2.15. The Balaban J connectivity index is 2.24. The van der Waals surface area contributed by atoms with E-state index in [1.807, 2.05) is 11.4 Å². The summed E-state index contributed by atoms with van der Waals surface area (Å²) in [5, 5.41) is 15.0. The zero-order valence-corrected chi connectivity index (χ0v) is 10.8. The summed E-state index contributed by atoms with van der Waals surface area (Å²) in [6.07, 6.45) is 0. The molecule has 2 nitrogen and oxygen atoms in total. The first-order chi connectivity index (χ1) is 8.20. The minimum atomic E-state index is 0.167. The van der Waals surface area contributed by atoms with Crippen LogP contribution in [0.4, 0.5) is 5.69 Å². The van der Waals surface area contributed by atoms with E-state index in [2.05, 4.69) is 24.4 Å². The van der Waals surface area contributed by atoms with E-state index < -0.39 is 0 Å². The van der Waals surface area contributed by atoms with Gasteiger partial charge in [0.15, 0.2) is 0 Å².